The molecule has 0 radical (unpaired) electrons. The monoisotopic (exact) mass is 234 g/mol. The van der Waals surface area contributed by atoms with Crippen LogP contribution in [0.15, 0.2) is 30.3 Å². The molecule has 94 valence electrons. The lowest BCUT2D eigenvalue weighted by Crippen LogP contribution is -2.39. The normalized spacial score (nSPS) is 13.2. The van der Waals surface area contributed by atoms with Crippen LogP contribution >= 0.6 is 0 Å². The van der Waals surface area contributed by atoms with Crippen LogP contribution in [-0.4, -0.2) is 19.0 Å². The van der Waals surface area contributed by atoms with Gasteiger partial charge >= 0.3 is 0 Å². The summed E-state index contributed by atoms with van der Waals surface area (Å²) in [4.78, 5) is 12.0. The van der Waals surface area contributed by atoms with E-state index in [0.29, 0.717) is 13.1 Å². The number of carbonyl (C=O) groups is 1. The van der Waals surface area contributed by atoms with Crippen molar-refractivity contribution in [1.82, 2.24) is 5.32 Å². The molecule has 1 rings (SSSR count). The van der Waals surface area contributed by atoms with Crippen LogP contribution in [0, 0.1) is 5.41 Å². The zero-order valence-electron chi connectivity index (χ0n) is 10.9. The van der Waals surface area contributed by atoms with Crippen LogP contribution in [0.25, 0.3) is 0 Å². The molecule has 1 unspecified atom stereocenters. The summed E-state index contributed by atoms with van der Waals surface area (Å²) in [6.45, 7) is 7.17. The van der Waals surface area contributed by atoms with Crippen LogP contribution < -0.4 is 11.1 Å². The highest BCUT2D eigenvalue weighted by atomic mass is 16.1. The summed E-state index contributed by atoms with van der Waals surface area (Å²) in [6, 6.07) is 9.79. The Morgan fingerprint density at radius 1 is 1.35 bits per heavy atom. The largest absolute Gasteiger partial charge is 0.355 e. The molecule has 17 heavy (non-hydrogen) atoms. The lowest BCUT2D eigenvalue weighted by molar-refractivity contribution is -0.122. The zero-order valence-corrected chi connectivity index (χ0v) is 10.9. The fourth-order valence-electron chi connectivity index (χ4n) is 1.44. The number of benzene rings is 1. The molecule has 1 atom stereocenters. The van der Waals surface area contributed by atoms with Crippen molar-refractivity contribution in [2.75, 3.05) is 13.1 Å². The van der Waals surface area contributed by atoms with Gasteiger partial charge in [-0.15, -0.1) is 0 Å². The van der Waals surface area contributed by atoms with Crippen molar-refractivity contribution in [3.8, 4) is 0 Å². The topological polar surface area (TPSA) is 55.1 Å². The minimum atomic E-state index is -0.121. The number of nitrogens with one attached hydrogen (secondary N) is 1. The summed E-state index contributed by atoms with van der Waals surface area (Å²) in [5.74, 6) is -0.0671. The summed E-state index contributed by atoms with van der Waals surface area (Å²) < 4.78 is 0. The first kappa shape index (κ1) is 13.7. The minimum Gasteiger partial charge on any atom is -0.355 e. The Bertz CT molecular complexity index is 360. The van der Waals surface area contributed by atoms with Gasteiger partial charge in [-0.1, -0.05) is 44.2 Å². The highest BCUT2D eigenvalue weighted by Crippen LogP contribution is 2.16. The second kappa shape index (κ2) is 5.82. The van der Waals surface area contributed by atoms with Gasteiger partial charge < -0.3 is 11.1 Å². The van der Waals surface area contributed by atoms with Gasteiger partial charge in [0, 0.05) is 6.54 Å². The van der Waals surface area contributed by atoms with Crippen molar-refractivity contribution in [3.05, 3.63) is 35.9 Å². The van der Waals surface area contributed by atoms with E-state index in [-0.39, 0.29) is 17.2 Å². The lowest BCUT2D eigenvalue weighted by atomic mass is 9.93. The standard InChI is InChI=1S/C14H22N2O/c1-11(12-7-5-4-6-8-12)13(17)16-10-14(2,3)9-15/h4-8,11H,9-10,15H2,1-3H3,(H,16,17). The van der Waals surface area contributed by atoms with E-state index in [0.717, 1.165) is 5.56 Å². The Balaban J connectivity index is 2.54. The first-order valence-electron chi connectivity index (χ1n) is 5.99. The van der Waals surface area contributed by atoms with Gasteiger partial charge in [-0.2, -0.15) is 0 Å². The summed E-state index contributed by atoms with van der Waals surface area (Å²) in [5, 5.41) is 2.95. The molecular weight excluding hydrogens is 212 g/mol. The highest BCUT2D eigenvalue weighted by Gasteiger charge is 2.19. The first-order valence-corrected chi connectivity index (χ1v) is 5.99. The summed E-state index contributed by atoms with van der Waals surface area (Å²) in [7, 11) is 0. The molecule has 0 aliphatic rings. The Kier molecular flexibility index (Phi) is 4.70. The first-order chi connectivity index (χ1) is 7.96. The summed E-state index contributed by atoms with van der Waals surface area (Å²) >= 11 is 0. The van der Waals surface area contributed by atoms with Gasteiger partial charge in [0.05, 0.1) is 5.92 Å². The number of hydrogen-bond donors (Lipinski definition) is 2. The number of rotatable bonds is 5. The van der Waals surface area contributed by atoms with Gasteiger partial charge in [0.2, 0.25) is 5.91 Å². The molecule has 0 aliphatic heterocycles. The van der Waals surface area contributed by atoms with Crippen molar-refractivity contribution in [2.45, 2.75) is 26.7 Å². The third-order valence-electron chi connectivity index (χ3n) is 2.99. The molecule has 3 nitrogen and oxygen atoms in total. The predicted octanol–water partition coefficient (Wildman–Crippen LogP) is 1.89. The quantitative estimate of drug-likeness (QED) is 0.817. The van der Waals surface area contributed by atoms with E-state index in [1.54, 1.807) is 0 Å². The zero-order chi connectivity index (χ0) is 12.9. The summed E-state index contributed by atoms with van der Waals surface area (Å²) in [6.07, 6.45) is 0. The van der Waals surface area contributed by atoms with E-state index in [9.17, 15) is 4.79 Å². The average molecular weight is 234 g/mol. The van der Waals surface area contributed by atoms with E-state index in [1.807, 2.05) is 51.1 Å². The second-order valence-corrected chi connectivity index (χ2v) is 5.22. The third-order valence-corrected chi connectivity index (χ3v) is 2.99. The fraction of sp³-hybridized carbons (Fsp3) is 0.500. The molecule has 0 heterocycles. The number of nitrogens with two attached hydrogens (primary N) is 1. The van der Waals surface area contributed by atoms with Crippen LogP contribution in [-0.2, 0) is 4.79 Å². The molecule has 0 saturated carbocycles. The van der Waals surface area contributed by atoms with Crippen molar-refractivity contribution in [2.24, 2.45) is 11.1 Å². The molecule has 0 fully saturated rings. The molecule has 0 spiro atoms. The van der Waals surface area contributed by atoms with E-state index in [2.05, 4.69) is 5.32 Å². The highest BCUT2D eigenvalue weighted by molar-refractivity contribution is 5.83. The minimum absolute atomic E-state index is 0.0495. The summed E-state index contributed by atoms with van der Waals surface area (Å²) in [5.41, 5.74) is 6.62. The molecule has 0 aromatic heterocycles. The number of amides is 1. The van der Waals surface area contributed by atoms with E-state index in [4.69, 9.17) is 5.73 Å². The molecule has 1 amide bonds. The van der Waals surface area contributed by atoms with Crippen LogP contribution in [0.4, 0.5) is 0 Å². The van der Waals surface area contributed by atoms with Crippen molar-refractivity contribution >= 4 is 5.91 Å². The second-order valence-electron chi connectivity index (χ2n) is 5.22. The maximum absolute atomic E-state index is 12.0. The molecule has 3 N–H and O–H groups in total. The van der Waals surface area contributed by atoms with Gasteiger partial charge in [0.15, 0.2) is 0 Å². The Hall–Kier alpha value is -1.35. The van der Waals surface area contributed by atoms with Gasteiger partial charge in [-0.05, 0) is 24.4 Å². The van der Waals surface area contributed by atoms with Crippen LogP contribution in [0.1, 0.15) is 32.3 Å². The van der Waals surface area contributed by atoms with Crippen molar-refractivity contribution in [3.63, 3.8) is 0 Å². The van der Waals surface area contributed by atoms with E-state index in [1.165, 1.54) is 0 Å². The average Bonchev–Trinajstić information content (AvgIpc) is 2.36. The molecule has 1 aromatic rings. The van der Waals surface area contributed by atoms with Gasteiger partial charge in [0.25, 0.3) is 0 Å². The fourth-order valence-corrected chi connectivity index (χ4v) is 1.44. The SMILES string of the molecule is CC(C(=O)NCC(C)(C)CN)c1ccccc1. The Morgan fingerprint density at radius 2 is 1.94 bits per heavy atom. The van der Waals surface area contributed by atoms with E-state index >= 15 is 0 Å². The smallest absolute Gasteiger partial charge is 0.227 e. The molecule has 1 aromatic carbocycles. The van der Waals surface area contributed by atoms with Crippen LogP contribution in [0.5, 0.6) is 0 Å². The maximum atomic E-state index is 12.0. The van der Waals surface area contributed by atoms with Crippen molar-refractivity contribution < 1.29 is 4.79 Å². The van der Waals surface area contributed by atoms with Crippen LogP contribution in [0.3, 0.4) is 0 Å². The molecule has 0 saturated heterocycles. The molecule has 3 heteroatoms. The Morgan fingerprint density at radius 3 is 2.47 bits per heavy atom. The number of carbonyl (C=O) groups excluding carboxylic acids is 1. The van der Waals surface area contributed by atoms with Gasteiger partial charge in [-0.25, -0.2) is 0 Å². The molecule has 0 bridgehead atoms. The van der Waals surface area contributed by atoms with Gasteiger partial charge in [-0.3, -0.25) is 4.79 Å². The predicted molar refractivity (Wildman–Crippen MR) is 70.7 cm³/mol. The van der Waals surface area contributed by atoms with Gasteiger partial charge in [0.1, 0.15) is 0 Å². The van der Waals surface area contributed by atoms with Crippen molar-refractivity contribution in [1.29, 1.82) is 0 Å². The maximum Gasteiger partial charge on any atom is 0.227 e. The molecule has 0 aliphatic carbocycles. The number of hydrogen-bond acceptors (Lipinski definition) is 2. The third kappa shape index (κ3) is 4.19. The van der Waals surface area contributed by atoms with Crippen LogP contribution in [0.2, 0.25) is 0 Å². The van der Waals surface area contributed by atoms with E-state index < -0.39 is 0 Å². The lowest BCUT2D eigenvalue weighted by Gasteiger charge is -2.23. The Labute approximate surface area is 103 Å². The molecular formula is C14H22N2O.